The lowest BCUT2D eigenvalue weighted by molar-refractivity contribution is 0.219. The number of pyridine rings is 1. The third kappa shape index (κ3) is 5.29. The number of rotatable bonds is 4. The Kier molecular flexibility index (Phi) is 8.01. The van der Waals surface area contributed by atoms with Gasteiger partial charge in [-0.2, -0.15) is 0 Å². The van der Waals surface area contributed by atoms with Crippen LogP contribution in [0.3, 0.4) is 0 Å². The fraction of sp³-hybridized carbons (Fsp3) is 0.183. The molecule has 1 heterocycles. The van der Waals surface area contributed by atoms with Gasteiger partial charge in [-0.3, -0.25) is 4.98 Å². The Morgan fingerprint density at radius 3 is 2.20 bits per heavy atom. The molecule has 5 aliphatic rings. The second-order valence-electron chi connectivity index (χ2n) is 18.8. The maximum Gasteiger partial charge on any atom is 0.0711 e. The van der Waals surface area contributed by atoms with E-state index in [0.717, 1.165) is 36.2 Å². The zero-order valence-electron chi connectivity index (χ0n) is 35.2. The summed E-state index contributed by atoms with van der Waals surface area (Å²) in [5.74, 6) is 0.560. The molecule has 0 bridgehead atoms. The monoisotopic (exact) mass is 783 g/mol. The Morgan fingerprint density at radius 1 is 0.557 bits per heavy atom. The Hall–Kier alpha value is -6.57. The molecule has 1 aromatic heterocycles. The van der Waals surface area contributed by atoms with Crippen LogP contribution in [0.15, 0.2) is 188 Å². The quantitative estimate of drug-likeness (QED) is 0.173. The Bertz CT molecular complexity index is 3110. The van der Waals surface area contributed by atoms with Crippen LogP contribution in [0.4, 0.5) is 0 Å². The van der Waals surface area contributed by atoms with Gasteiger partial charge in [0.05, 0.1) is 16.8 Å². The van der Waals surface area contributed by atoms with Gasteiger partial charge in [-0.15, -0.1) is 0 Å². The number of aromatic nitrogens is 1. The van der Waals surface area contributed by atoms with E-state index >= 15 is 0 Å². The predicted octanol–water partition coefficient (Wildman–Crippen LogP) is 14.8. The van der Waals surface area contributed by atoms with E-state index in [-0.39, 0.29) is 22.2 Å². The van der Waals surface area contributed by atoms with Gasteiger partial charge in [0.1, 0.15) is 0 Å². The molecule has 1 nitrogen and oxygen atoms in total. The Morgan fingerprint density at radius 2 is 1.34 bits per heavy atom. The number of allylic oxidation sites excluding steroid dienone is 9. The zero-order valence-corrected chi connectivity index (χ0v) is 35.2. The first-order valence-electron chi connectivity index (χ1n) is 22.2. The van der Waals surface area contributed by atoms with Crippen LogP contribution in [0.1, 0.15) is 78.3 Å². The average molecular weight is 784 g/mol. The molecule has 5 aliphatic carbocycles. The number of benzene rings is 6. The molecule has 6 aromatic carbocycles. The summed E-state index contributed by atoms with van der Waals surface area (Å²) in [6.45, 7) is 7.27. The largest absolute Gasteiger partial charge is 0.252 e. The van der Waals surface area contributed by atoms with Gasteiger partial charge in [0.2, 0.25) is 0 Å². The molecule has 1 spiro atoms. The van der Waals surface area contributed by atoms with Crippen LogP contribution in [0.5, 0.6) is 0 Å². The van der Waals surface area contributed by atoms with Crippen molar-refractivity contribution in [3.63, 3.8) is 0 Å². The van der Waals surface area contributed by atoms with Gasteiger partial charge in [0, 0.05) is 16.9 Å². The fourth-order valence-electron chi connectivity index (χ4n) is 12.1. The summed E-state index contributed by atoms with van der Waals surface area (Å²) in [7, 11) is 0. The van der Waals surface area contributed by atoms with E-state index in [1.165, 1.54) is 77.5 Å². The maximum atomic E-state index is 5.45. The molecular weight excluding hydrogens is 735 g/mol. The normalized spacial score (nSPS) is 23.6. The summed E-state index contributed by atoms with van der Waals surface area (Å²) >= 11 is 0. The Labute approximate surface area is 360 Å². The Balaban J connectivity index is 1.15. The summed E-state index contributed by atoms with van der Waals surface area (Å²) in [4.78, 5) is 5.45. The van der Waals surface area contributed by atoms with E-state index in [1.54, 1.807) is 0 Å². The number of fused-ring (bicyclic) bond motifs is 12. The van der Waals surface area contributed by atoms with Crippen molar-refractivity contribution in [1.82, 2.24) is 4.98 Å². The first-order chi connectivity index (χ1) is 29.8. The molecule has 0 amide bonds. The van der Waals surface area contributed by atoms with Crippen LogP contribution in [0, 0.1) is 11.8 Å². The molecule has 0 saturated heterocycles. The molecule has 7 aromatic rings. The molecule has 4 atom stereocenters. The lowest BCUT2D eigenvalue weighted by Gasteiger charge is -2.54. The zero-order chi connectivity index (χ0) is 40.9. The molecule has 0 aliphatic heterocycles. The highest BCUT2D eigenvalue weighted by atomic mass is 14.7. The summed E-state index contributed by atoms with van der Waals surface area (Å²) in [6, 6.07) is 53.1. The minimum atomic E-state index is -0.373. The molecule has 61 heavy (non-hydrogen) atoms. The third-order valence-corrected chi connectivity index (χ3v) is 15.2. The lowest BCUT2D eigenvalue weighted by atomic mass is 9.48. The van der Waals surface area contributed by atoms with Crippen molar-refractivity contribution in [2.75, 3.05) is 0 Å². The topological polar surface area (TPSA) is 12.9 Å². The number of nitrogens with zero attached hydrogens (tertiary/aromatic N) is 1. The van der Waals surface area contributed by atoms with E-state index in [1.807, 2.05) is 0 Å². The minimum absolute atomic E-state index is 0.0424. The number of hydrogen-bond acceptors (Lipinski definition) is 1. The molecule has 0 N–H and O–H groups in total. The van der Waals surface area contributed by atoms with Crippen LogP contribution in [-0.2, 0) is 22.7 Å². The summed E-state index contributed by atoms with van der Waals surface area (Å²) in [5.41, 5.74) is 19.1. The molecule has 1 heteroatoms. The smallest absolute Gasteiger partial charge is 0.0711 e. The van der Waals surface area contributed by atoms with Crippen LogP contribution < -0.4 is 0 Å². The molecule has 0 fully saturated rings. The van der Waals surface area contributed by atoms with Crippen molar-refractivity contribution in [3.8, 4) is 33.5 Å². The first-order valence-corrected chi connectivity index (χ1v) is 22.2. The standard InChI is InChI=1S/C60H49N/c1-58(2)50-22-10-12-24-52(50)60(53-25-13-11-23-51(53)58)49-32-31-43(42-30-29-40-28-27-39-17-8-9-20-45(39)47(40)35-42)36-48(49)57-46(21-16-26-54(57)60)44-37-55(41-18-6-4-7-19-41)61-56(38-44)59(3)33-14-5-15-34-59/h4-28,31-33,35-38,50,52H,29-30,34H2,1-3H3. The second kappa shape index (κ2) is 13.5. The van der Waals surface area contributed by atoms with Crippen LogP contribution in [-0.4, -0.2) is 4.98 Å². The van der Waals surface area contributed by atoms with Gasteiger partial charge < -0.3 is 0 Å². The van der Waals surface area contributed by atoms with Crippen molar-refractivity contribution in [2.24, 2.45) is 11.8 Å². The van der Waals surface area contributed by atoms with E-state index in [0.29, 0.717) is 5.92 Å². The van der Waals surface area contributed by atoms with Crippen molar-refractivity contribution in [2.45, 2.75) is 56.3 Å². The number of aryl methyl sites for hydroxylation is 1. The highest BCUT2D eigenvalue weighted by Gasteiger charge is 2.59. The van der Waals surface area contributed by atoms with E-state index in [4.69, 9.17) is 4.98 Å². The number of hydrogen-bond donors (Lipinski definition) is 0. The molecule has 294 valence electrons. The van der Waals surface area contributed by atoms with Crippen LogP contribution in [0.25, 0.3) is 55.9 Å². The van der Waals surface area contributed by atoms with Gasteiger partial charge in [-0.05, 0) is 126 Å². The van der Waals surface area contributed by atoms with Crippen LogP contribution >= 0.6 is 0 Å². The molecule has 0 saturated carbocycles. The second-order valence-corrected chi connectivity index (χ2v) is 18.8. The van der Waals surface area contributed by atoms with Gasteiger partial charge >= 0.3 is 0 Å². The SMILES string of the molecule is CC1(c2cc(-c3cccc4c3-c3cc(C5=Cc6c(ccc7ccccc67)CC5)ccc3C43c4ccccc4C(C)(C)C4C=CC=CC43)cc(-c3ccccc3)n2)C=CC=CC1. The summed E-state index contributed by atoms with van der Waals surface area (Å²) < 4.78 is 0. The van der Waals surface area contributed by atoms with Crippen molar-refractivity contribution >= 4 is 22.4 Å². The highest BCUT2D eigenvalue weighted by Crippen LogP contribution is 2.66. The molecule has 0 radical (unpaired) electrons. The van der Waals surface area contributed by atoms with E-state index in [9.17, 15) is 0 Å². The average Bonchev–Trinajstić information content (AvgIpc) is 3.61. The highest BCUT2D eigenvalue weighted by molar-refractivity contribution is 6.00. The van der Waals surface area contributed by atoms with Crippen molar-refractivity contribution in [1.29, 1.82) is 0 Å². The van der Waals surface area contributed by atoms with Gasteiger partial charge in [0.25, 0.3) is 0 Å². The molecule has 4 unspecified atom stereocenters. The third-order valence-electron chi connectivity index (χ3n) is 15.2. The van der Waals surface area contributed by atoms with Crippen LogP contribution in [0.2, 0.25) is 0 Å². The predicted molar refractivity (Wildman–Crippen MR) is 256 cm³/mol. The minimum Gasteiger partial charge on any atom is -0.252 e. The first kappa shape index (κ1) is 36.3. The van der Waals surface area contributed by atoms with E-state index in [2.05, 4.69) is 215 Å². The van der Waals surface area contributed by atoms with Crippen molar-refractivity contribution < 1.29 is 0 Å². The molecule has 12 rings (SSSR count). The van der Waals surface area contributed by atoms with Gasteiger partial charge in [0.15, 0.2) is 0 Å². The van der Waals surface area contributed by atoms with E-state index < -0.39 is 0 Å². The van der Waals surface area contributed by atoms with Crippen molar-refractivity contribution in [3.05, 3.63) is 233 Å². The fourth-order valence-corrected chi connectivity index (χ4v) is 12.1. The lowest BCUT2D eigenvalue weighted by Crippen LogP contribution is -2.51. The summed E-state index contributed by atoms with van der Waals surface area (Å²) in [5, 5.41) is 2.64. The van der Waals surface area contributed by atoms with Gasteiger partial charge in [-0.1, -0.05) is 197 Å². The summed E-state index contributed by atoms with van der Waals surface area (Å²) in [6.07, 6.45) is 24.1. The molecular formula is C60H49N. The van der Waals surface area contributed by atoms with Gasteiger partial charge in [-0.25, -0.2) is 0 Å². The maximum absolute atomic E-state index is 5.45.